The van der Waals surface area contributed by atoms with E-state index in [4.69, 9.17) is 0 Å². The molecular weight excluding hydrogens is 234 g/mol. The van der Waals surface area contributed by atoms with Crippen molar-refractivity contribution in [2.75, 3.05) is 0 Å². The summed E-state index contributed by atoms with van der Waals surface area (Å²) in [7, 11) is 0. The molecule has 2 rings (SSSR count). The lowest BCUT2D eigenvalue weighted by Crippen LogP contribution is -2.11. The van der Waals surface area contributed by atoms with Gasteiger partial charge in [0.05, 0.1) is 6.20 Å². The Morgan fingerprint density at radius 3 is 2.16 bits per heavy atom. The number of hydrogen-bond acceptors (Lipinski definition) is 2. The van der Waals surface area contributed by atoms with Gasteiger partial charge in [0, 0.05) is 11.6 Å². The van der Waals surface area contributed by atoms with Crippen LogP contribution in [0.5, 0.6) is 5.75 Å². The van der Waals surface area contributed by atoms with Gasteiger partial charge in [-0.2, -0.15) is 0 Å². The zero-order chi connectivity index (χ0) is 13.7. The van der Waals surface area contributed by atoms with E-state index in [2.05, 4.69) is 49.2 Å². The Morgan fingerprint density at radius 1 is 0.947 bits per heavy atom. The van der Waals surface area contributed by atoms with E-state index in [1.165, 1.54) is 11.8 Å². The van der Waals surface area contributed by atoms with Crippen LogP contribution in [0.15, 0.2) is 48.7 Å². The van der Waals surface area contributed by atoms with Gasteiger partial charge >= 0.3 is 0 Å². The van der Waals surface area contributed by atoms with Crippen molar-refractivity contribution in [3.63, 3.8) is 0 Å². The molecule has 0 amide bonds. The summed E-state index contributed by atoms with van der Waals surface area (Å²) in [5.74, 6) is 1.10. The minimum atomic E-state index is 0.228. The Morgan fingerprint density at radius 2 is 1.63 bits per heavy atom. The molecule has 1 aromatic heterocycles. The average molecular weight is 255 g/mol. The Labute approximate surface area is 115 Å². The molecule has 0 unspecified atom stereocenters. The predicted octanol–water partition coefficient (Wildman–Crippen LogP) is 4.47. The maximum Gasteiger partial charge on any atom is 0.133 e. The predicted molar refractivity (Wildman–Crippen MR) is 78.4 cm³/mol. The van der Waals surface area contributed by atoms with Gasteiger partial charge in [-0.3, -0.25) is 4.98 Å². The normalized spacial score (nSPS) is 14.0. The molecule has 100 valence electrons. The summed E-state index contributed by atoms with van der Waals surface area (Å²) < 4.78 is 0. The van der Waals surface area contributed by atoms with Gasteiger partial charge in [0.15, 0.2) is 0 Å². The molecule has 0 aliphatic carbocycles. The first-order valence-electron chi connectivity index (χ1n) is 6.96. The maximum absolute atomic E-state index is 9.36. The third-order valence-corrected chi connectivity index (χ3v) is 3.74. The molecule has 0 aliphatic rings. The fourth-order valence-electron chi connectivity index (χ4n) is 2.77. The molecule has 0 fully saturated rings. The lowest BCUT2D eigenvalue weighted by atomic mass is 9.80. The van der Waals surface area contributed by atoms with E-state index in [-0.39, 0.29) is 5.75 Å². The van der Waals surface area contributed by atoms with E-state index >= 15 is 0 Å². The molecule has 0 radical (unpaired) electrons. The minimum Gasteiger partial charge on any atom is -0.506 e. The van der Waals surface area contributed by atoms with Crippen molar-refractivity contribution < 1.29 is 5.11 Å². The summed E-state index contributed by atoms with van der Waals surface area (Å²) >= 11 is 0. The molecule has 0 saturated carbocycles. The number of hydrogen-bond donors (Lipinski definition) is 1. The largest absolute Gasteiger partial charge is 0.506 e. The van der Waals surface area contributed by atoms with Gasteiger partial charge in [0.25, 0.3) is 0 Å². The third-order valence-electron chi connectivity index (χ3n) is 3.74. The number of benzene rings is 1. The molecule has 0 spiro atoms. The second-order valence-corrected chi connectivity index (χ2v) is 4.88. The smallest absolute Gasteiger partial charge is 0.133 e. The van der Waals surface area contributed by atoms with Crippen LogP contribution < -0.4 is 0 Å². The van der Waals surface area contributed by atoms with Gasteiger partial charge in [-0.1, -0.05) is 44.2 Å². The fourth-order valence-corrected chi connectivity index (χ4v) is 2.77. The quantitative estimate of drug-likeness (QED) is 0.854. The summed E-state index contributed by atoms with van der Waals surface area (Å²) in [6, 6.07) is 14.3. The molecule has 1 aromatic carbocycles. The maximum atomic E-state index is 9.36. The molecule has 1 N–H and O–H groups in total. The van der Waals surface area contributed by atoms with Crippen LogP contribution in [-0.4, -0.2) is 10.1 Å². The molecular formula is C17H21NO. The zero-order valence-electron chi connectivity index (χ0n) is 11.6. The van der Waals surface area contributed by atoms with Crippen molar-refractivity contribution in [1.82, 2.24) is 4.98 Å². The molecule has 0 bridgehead atoms. The first kappa shape index (κ1) is 13.6. The standard InChI is InChI=1S/C17H21NO/c1-3-15(13-8-6-5-7-9-13)16(4-2)17-11-10-14(19)12-18-17/h5-12,15-16,19H,3-4H2,1-2H3/t15-,16-/m1/s1. The van der Waals surface area contributed by atoms with Crippen LogP contribution in [-0.2, 0) is 0 Å². The molecule has 2 heteroatoms. The topological polar surface area (TPSA) is 33.1 Å². The van der Waals surface area contributed by atoms with Crippen molar-refractivity contribution >= 4 is 0 Å². The fraction of sp³-hybridized carbons (Fsp3) is 0.353. The highest BCUT2D eigenvalue weighted by Gasteiger charge is 2.22. The van der Waals surface area contributed by atoms with Gasteiger partial charge < -0.3 is 5.11 Å². The van der Waals surface area contributed by atoms with Crippen molar-refractivity contribution in [1.29, 1.82) is 0 Å². The number of rotatable bonds is 5. The van der Waals surface area contributed by atoms with Crippen LogP contribution in [0.2, 0.25) is 0 Å². The van der Waals surface area contributed by atoms with Crippen LogP contribution in [0.1, 0.15) is 49.8 Å². The lowest BCUT2D eigenvalue weighted by molar-refractivity contribution is 0.466. The number of pyridine rings is 1. The van der Waals surface area contributed by atoms with Crippen molar-refractivity contribution in [2.45, 2.75) is 38.5 Å². The first-order valence-corrected chi connectivity index (χ1v) is 6.96. The minimum absolute atomic E-state index is 0.228. The highest BCUT2D eigenvalue weighted by molar-refractivity contribution is 5.27. The molecule has 2 aromatic rings. The molecule has 2 atom stereocenters. The van der Waals surface area contributed by atoms with E-state index in [1.54, 1.807) is 6.07 Å². The van der Waals surface area contributed by atoms with Crippen LogP contribution in [0.4, 0.5) is 0 Å². The van der Waals surface area contributed by atoms with Crippen molar-refractivity contribution in [2.24, 2.45) is 0 Å². The van der Waals surface area contributed by atoms with Gasteiger partial charge in [-0.05, 0) is 36.5 Å². The van der Waals surface area contributed by atoms with Crippen molar-refractivity contribution in [3.05, 3.63) is 59.9 Å². The summed E-state index contributed by atoms with van der Waals surface area (Å²) in [6.07, 6.45) is 3.67. The van der Waals surface area contributed by atoms with Gasteiger partial charge in [-0.15, -0.1) is 0 Å². The second-order valence-electron chi connectivity index (χ2n) is 4.88. The monoisotopic (exact) mass is 255 g/mol. The zero-order valence-corrected chi connectivity index (χ0v) is 11.6. The van der Waals surface area contributed by atoms with E-state index in [1.807, 2.05) is 6.07 Å². The average Bonchev–Trinajstić information content (AvgIpc) is 2.47. The molecule has 2 nitrogen and oxygen atoms in total. The summed E-state index contributed by atoms with van der Waals surface area (Å²) in [5.41, 5.74) is 2.43. The third kappa shape index (κ3) is 3.14. The molecule has 0 aliphatic heterocycles. The number of aromatic hydroxyl groups is 1. The highest BCUT2D eigenvalue weighted by Crippen LogP contribution is 2.37. The summed E-state index contributed by atoms with van der Waals surface area (Å²) in [5, 5.41) is 9.36. The van der Waals surface area contributed by atoms with Crippen molar-refractivity contribution in [3.8, 4) is 5.75 Å². The molecule has 1 heterocycles. The van der Waals surface area contributed by atoms with E-state index < -0.39 is 0 Å². The number of nitrogens with zero attached hydrogens (tertiary/aromatic N) is 1. The molecule has 19 heavy (non-hydrogen) atoms. The Bertz CT molecular complexity index is 492. The Kier molecular flexibility index (Phi) is 4.56. The Hall–Kier alpha value is -1.83. The van der Waals surface area contributed by atoms with E-state index in [9.17, 15) is 5.11 Å². The van der Waals surface area contributed by atoms with Crippen LogP contribution in [0, 0.1) is 0 Å². The van der Waals surface area contributed by atoms with Crippen LogP contribution in [0.25, 0.3) is 0 Å². The number of aromatic nitrogens is 1. The summed E-state index contributed by atoms with van der Waals surface area (Å²) in [4.78, 5) is 4.39. The van der Waals surface area contributed by atoms with E-state index in [0.29, 0.717) is 11.8 Å². The molecule has 0 saturated heterocycles. The van der Waals surface area contributed by atoms with Gasteiger partial charge in [0.1, 0.15) is 5.75 Å². The van der Waals surface area contributed by atoms with Crippen LogP contribution in [0.3, 0.4) is 0 Å². The van der Waals surface area contributed by atoms with Crippen LogP contribution >= 0.6 is 0 Å². The second kappa shape index (κ2) is 6.37. The summed E-state index contributed by atoms with van der Waals surface area (Å²) in [6.45, 7) is 4.42. The van der Waals surface area contributed by atoms with Gasteiger partial charge in [-0.25, -0.2) is 0 Å². The lowest BCUT2D eigenvalue weighted by Gasteiger charge is -2.25. The van der Waals surface area contributed by atoms with Gasteiger partial charge in [0.2, 0.25) is 0 Å². The highest BCUT2D eigenvalue weighted by atomic mass is 16.3. The SMILES string of the molecule is CC[C@H](c1ccccc1)[C@@H](CC)c1ccc(O)cn1. The van der Waals surface area contributed by atoms with E-state index in [0.717, 1.165) is 18.5 Å². The first-order chi connectivity index (χ1) is 9.26. The Balaban J connectivity index is 2.31.